The lowest BCUT2D eigenvalue weighted by Crippen LogP contribution is -2.63. The Morgan fingerprint density at radius 3 is 2.39 bits per heavy atom. The monoisotopic (exact) mass is 380 g/mol. The van der Waals surface area contributed by atoms with Gasteiger partial charge in [0.1, 0.15) is 0 Å². The third kappa shape index (κ3) is 4.62. The molecule has 4 heteroatoms. The van der Waals surface area contributed by atoms with Gasteiger partial charge in [-0.05, 0) is 37.5 Å². The number of para-hydroxylation sites is 1. The smallest absolute Gasteiger partial charge is 0.227 e. The lowest BCUT2D eigenvalue weighted by molar-refractivity contribution is -0.122. The van der Waals surface area contributed by atoms with E-state index in [-0.39, 0.29) is 11.9 Å². The minimum absolute atomic E-state index is 0.0281. The lowest BCUT2D eigenvalue weighted by Gasteiger charge is -2.49. The maximum absolute atomic E-state index is 12.9. The maximum atomic E-state index is 12.9. The summed E-state index contributed by atoms with van der Waals surface area (Å²) in [5.74, 6) is 0.150. The number of anilines is 1. The Kier molecular flexibility index (Phi) is 6.87. The Balaban J connectivity index is 1.76. The Hall–Kier alpha value is -2.17. The van der Waals surface area contributed by atoms with E-state index in [0.29, 0.717) is 6.42 Å². The van der Waals surface area contributed by atoms with Crippen molar-refractivity contribution in [2.75, 3.05) is 31.6 Å². The summed E-state index contributed by atoms with van der Waals surface area (Å²) in [6.07, 6.45) is 2.42. The molecule has 0 N–H and O–H groups in total. The van der Waals surface area contributed by atoms with E-state index in [1.807, 2.05) is 42.2 Å². The minimum atomic E-state index is -0.407. The van der Waals surface area contributed by atoms with Gasteiger partial charge < -0.3 is 9.64 Å². The van der Waals surface area contributed by atoms with Crippen molar-refractivity contribution in [3.05, 3.63) is 66.2 Å². The first-order valence-electron chi connectivity index (χ1n) is 10.3. The molecule has 4 nitrogen and oxygen atoms in total. The number of rotatable bonds is 7. The number of hydrogen-bond donors (Lipinski definition) is 0. The summed E-state index contributed by atoms with van der Waals surface area (Å²) < 4.78 is 6.04. The number of nitrogens with zero attached hydrogens (tertiary/aromatic N) is 2. The number of ether oxygens (including phenoxy) is 1. The molecule has 0 aliphatic carbocycles. The van der Waals surface area contributed by atoms with Gasteiger partial charge in [0.05, 0.1) is 11.6 Å². The Labute approximate surface area is 169 Å². The summed E-state index contributed by atoms with van der Waals surface area (Å²) in [7, 11) is 1.77. The molecule has 2 atom stereocenters. The van der Waals surface area contributed by atoms with Gasteiger partial charge >= 0.3 is 0 Å². The van der Waals surface area contributed by atoms with Gasteiger partial charge in [0.25, 0.3) is 0 Å². The molecule has 2 aromatic carbocycles. The van der Waals surface area contributed by atoms with Gasteiger partial charge in [0.15, 0.2) is 0 Å². The van der Waals surface area contributed by atoms with Crippen LogP contribution in [-0.4, -0.2) is 49.2 Å². The maximum Gasteiger partial charge on any atom is 0.227 e. The molecule has 1 saturated heterocycles. The Morgan fingerprint density at radius 2 is 1.79 bits per heavy atom. The van der Waals surface area contributed by atoms with Crippen molar-refractivity contribution in [2.45, 2.75) is 44.8 Å². The van der Waals surface area contributed by atoms with Gasteiger partial charge in [-0.1, -0.05) is 55.5 Å². The summed E-state index contributed by atoms with van der Waals surface area (Å²) in [5, 5.41) is 0. The number of methoxy groups -OCH3 is 1. The van der Waals surface area contributed by atoms with E-state index in [1.165, 1.54) is 5.56 Å². The van der Waals surface area contributed by atoms with Gasteiger partial charge in [-0.2, -0.15) is 0 Å². The quantitative estimate of drug-likeness (QED) is 0.723. The number of likely N-dealkylation sites (tertiary alicyclic amines) is 1. The van der Waals surface area contributed by atoms with Crippen molar-refractivity contribution in [1.29, 1.82) is 0 Å². The van der Waals surface area contributed by atoms with E-state index in [4.69, 9.17) is 4.74 Å². The fourth-order valence-electron chi connectivity index (χ4n) is 4.22. The summed E-state index contributed by atoms with van der Waals surface area (Å²) >= 11 is 0. The van der Waals surface area contributed by atoms with Crippen LogP contribution in [0, 0.1) is 0 Å². The second-order valence-electron chi connectivity index (χ2n) is 7.79. The van der Waals surface area contributed by atoms with Gasteiger partial charge in [0, 0.05) is 38.9 Å². The topological polar surface area (TPSA) is 32.8 Å². The molecule has 28 heavy (non-hydrogen) atoms. The van der Waals surface area contributed by atoms with Gasteiger partial charge in [-0.15, -0.1) is 0 Å². The van der Waals surface area contributed by atoms with Crippen molar-refractivity contribution in [2.24, 2.45) is 0 Å². The summed E-state index contributed by atoms with van der Waals surface area (Å²) in [6.45, 7) is 6.86. The molecule has 3 rings (SSSR count). The first-order valence-corrected chi connectivity index (χ1v) is 10.3. The molecule has 1 aliphatic heterocycles. The fraction of sp³-hybridized carbons (Fsp3) is 0.458. The highest BCUT2D eigenvalue weighted by molar-refractivity contribution is 5.94. The zero-order valence-electron chi connectivity index (χ0n) is 17.3. The van der Waals surface area contributed by atoms with Crippen molar-refractivity contribution in [3.8, 4) is 0 Å². The van der Waals surface area contributed by atoms with Crippen LogP contribution in [0.2, 0.25) is 0 Å². The molecule has 1 heterocycles. The largest absolute Gasteiger partial charge is 0.375 e. The zero-order chi connectivity index (χ0) is 20.0. The predicted molar refractivity (Wildman–Crippen MR) is 115 cm³/mol. The van der Waals surface area contributed by atoms with Gasteiger partial charge in [-0.25, -0.2) is 0 Å². The first kappa shape index (κ1) is 20.6. The molecule has 2 aromatic rings. The van der Waals surface area contributed by atoms with E-state index in [9.17, 15) is 4.79 Å². The average Bonchev–Trinajstić information content (AvgIpc) is 2.75. The van der Waals surface area contributed by atoms with E-state index in [2.05, 4.69) is 42.2 Å². The molecular weight excluding hydrogens is 348 g/mol. The number of piperidine rings is 1. The van der Waals surface area contributed by atoms with Crippen LogP contribution in [0.4, 0.5) is 5.69 Å². The molecule has 0 spiro atoms. The molecule has 1 aliphatic rings. The first-order chi connectivity index (χ1) is 13.6. The van der Waals surface area contributed by atoms with Crippen molar-refractivity contribution in [3.63, 3.8) is 0 Å². The number of amides is 1. The van der Waals surface area contributed by atoms with Crippen LogP contribution < -0.4 is 4.90 Å². The average molecular weight is 381 g/mol. The van der Waals surface area contributed by atoms with E-state index < -0.39 is 5.60 Å². The molecule has 1 fully saturated rings. The van der Waals surface area contributed by atoms with E-state index in [0.717, 1.165) is 38.2 Å². The summed E-state index contributed by atoms with van der Waals surface area (Å²) in [6, 6.07) is 20.6. The molecule has 0 bridgehead atoms. The molecular formula is C24H32N2O2. The van der Waals surface area contributed by atoms with Crippen LogP contribution >= 0.6 is 0 Å². The molecule has 1 amide bonds. The number of benzene rings is 2. The second-order valence-corrected chi connectivity index (χ2v) is 7.79. The van der Waals surface area contributed by atoms with Crippen LogP contribution in [0.25, 0.3) is 0 Å². The van der Waals surface area contributed by atoms with Crippen LogP contribution in [-0.2, 0) is 16.0 Å². The molecule has 0 aromatic heterocycles. The molecule has 0 unspecified atom stereocenters. The zero-order valence-corrected chi connectivity index (χ0v) is 17.3. The Morgan fingerprint density at radius 1 is 1.14 bits per heavy atom. The molecule has 0 saturated carbocycles. The summed E-state index contributed by atoms with van der Waals surface area (Å²) in [5.41, 5.74) is 1.91. The van der Waals surface area contributed by atoms with Crippen LogP contribution in [0.3, 0.4) is 0 Å². The van der Waals surface area contributed by atoms with Crippen molar-refractivity contribution >= 4 is 11.6 Å². The Bertz CT molecular complexity index is 750. The molecule has 150 valence electrons. The third-order valence-corrected chi connectivity index (χ3v) is 5.90. The predicted octanol–water partition coefficient (Wildman–Crippen LogP) is 4.15. The minimum Gasteiger partial charge on any atom is -0.375 e. The van der Waals surface area contributed by atoms with E-state index in [1.54, 1.807) is 7.11 Å². The van der Waals surface area contributed by atoms with Gasteiger partial charge in [-0.3, -0.25) is 9.69 Å². The highest BCUT2D eigenvalue weighted by Crippen LogP contribution is 2.33. The number of carbonyl (C=O) groups is 1. The molecule has 0 radical (unpaired) electrons. The van der Waals surface area contributed by atoms with Crippen molar-refractivity contribution in [1.82, 2.24) is 4.90 Å². The van der Waals surface area contributed by atoms with Crippen molar-refractivity contribution < 1.29 is 9.53 Å². The third-order valence-electron chi connectivity index (χ3n) is 5.90. The van der Waals surface area contributed by atoms with Gasteiger partial charge in [0.2, 0.25) is 5.91 Å². The van der Waals surface area contributed by atoms with Crippen LogP contribution in [0.15, 0.2) is 60.7 Å². The number of hydrogen-bond acceptors (Lipinski definition) is 3. The SMILES string of the molecule is CCC(=O)N(c1ccccc1)[C@H]1CCN(CCc2ccccc2)C[C@]1(C)OC. The standard InChI is InChI=1S/C24H32N2O2/c1-4-23(27)26(21-13-9-6-10-14-21)22-16-18-25(19-24(22,2)28-3)17-15-20-11-7-5-8-12-20/h5-14,22H,4,15-19H2,1-3H3/t22-,24-/m0/s1. The number of carbonyl (C=O) groups excluding carboxylic acids is 1. The highest BCUT2D eigenvalue weighted by Gasteiger charge is 2.44. The van der Waals surface area contributed by atoms with Crippen LogP contribution in [0.5, 0.6) is 0 Å². The van der Waals surface area contributed by atoms with Crippen LogP contribution in [0.1, 0.15) is 32.3 Å². The fourth-order valence-corrected chi connectivity index (χ4v) is 4.22. The summed E-state index contributed by atoms with van der Waals surface area (Å²) in [4.78, 5) is 17.3. The highest BCUT2D eigenvalue weighted by atomic mass is 16.5. The second kappa shape index (κ2) is 9.35. The lowest BCUT2D eigenvalue weighted by atomic mass is 9.86. The normalized spacial score (nSPS) is 22.8. The van der Waals surface area contributed by atoms with E-state index >= 15 is 0 Å².